The lowest BCUT2D eigenvalue weighted by atomic mass is 10.0. The summed E-state index contributed by atoms with van der Waals surface area (Å²) in [6.07, 6.45) is 2.91. The van der Waals surface area contributed by atoms with Crippen LogP contribution in [-0.4, -0.2) is 32.4 Å². The highest BCUT2D eigenvalue weighted by Gasteiger charge is 2.35. The Bertz CT molecular complexity index is 619. The van der Waals surface area contributed by atoms with E-state index in [0.29, 0.717) is 17.7 Å². The molecule has 1 saturated carbocycles. The van der Waals surface area contributed by atoms with Gasteiger partial charge in [-0.05, 0) is 43.0 Å². The van der Waals surface area contributed by atoms with Crippen molar-refractivity contribution < 1.29 is 8.42 Å². The average Bonchev–Trinajstić information content (AvgIpc) is 2.95. The maximum atomic E-state index is 12.5. The fourth-order valence-corrected chi connectivity index (χ4v) is 4.47. The molecular formula is C15H21N3O2S. The number of nitrogens with two attached hydrogens (primary N) is 1. The van der Waals surface area contributed by atoms with Gasteiger partial charge in [-0.3, -0.25) is 0 Å². The first-order valence-electron chi connectivity index (χ1n) is 7.12. The Hall–Kier alpha value is -1.42. The zero-order chi connectivity index (χ0) is 15.5. The van der Waals surface area contributed by atoms with Crippen LogP contribution in [0.2, 0.25) is 0 Å². The molecule has 0 aliphatic heterocycles. The lowest BCUT2D eigenvalue weighted by molar-refractivity contribution is 0.304. The first-order chi connectivity index (χ1) is 9.97. The SMILES string of the molecule is CN(C1CCCC1CN)S(=O)(=O)Cc1ccc(C#N)cc1. The summed E-state index contributed by atoms with van der Waals surface area (Å²) in [6.45, 7) is 0.529. The van der Waals surface area contributed by atoms with E-state index in [0.717, 1.165) is 19.3 Å². The first-order valence-corrected chi connectivity index (χ1v) is 8.73. The van der Waals surface area contributed by atoms with Gasteiger partial charge in [0.05, 0.1) is 17.4 Å². The van der Waals surface area contributed by atoms with Gasteiger partial charge in [-0.15, -0.1) is 0 Å². The second-order valence-electron chi connectivity index (χ2n) is 5.58. The highest BCUT2D eigenvalue weighted by atomic mass is 32.2. The molecule has 0 spiro atoms. The van der Waals surface area contributed by atoms with E-state index in [4.69, 9.17) is 11.0 Å². The highest BCUT2D eigenvalue weighted by molar-refractivity contribution is 7.88. The highest BCUT2D eigenvalue weighted by Crippen LogP contribution is 2.30. The fraction of sp³-hybridized carbons (Fsp3) is 0.533. The molecule has 1 aromatic carbocycles. The normalized spacial score (nSPS) is 22.4. The molecule has 21 heavy (non-hydrogen) atoms. The molecule has 0 amide bonds. The Balaban J connectivity index is 2.11. The third-order valence-corrected chi connectivity index (χ3v) is 6.11. The molecular weight excluding hydrogens is 286 g/mol. The predicted molar refractivity (Wildman–Crippen MR) is 81.7 cm³/mol. The first kappa shape index (κ1) is 16.0. The van der Waals surface area contributed by atoms with Crippen LogP contribution >= 0.6 is 0 Å². The summed E-state index contributed by atoms with van der Waals surface area (Å²) < 4.78 is 26.5. The Morgan fingerprint density at radius 2 is 2.00 bits per heavy atom. The van der Waals surface area contributed by atoms with Gasteiger partial charge in [0.15, 0.2) is 0 Å². The lowest BCUT2D eigenvalue weighted by Crippen LogP contribution is -2.41. The molecule has 2 N–H and O–H groups in total. The molecule has 1 aliphatic rings. The van der Waals surface area contributed by atoms with E-state index in [9.17, 15) is 8.42 Å². The van der Waals surface area contributed by atoms with Gasteiger partial charge in [0.25, 0.3) is 0 Å². The zero-order valence-corrected chi connectivity index (χ0v) is 13.0. The van der Waals surface area contributed by atoms with Gasteiger partial charge < -0.3 is 5.73 Å². The second-order valence-corrected chi connectivity index (χ2v) is 7.60. The van der Waals surface area contributed by atoms with E-state index in [1.165, 1.54) is 4.31 Å². The second kappa shape index (κ2) is 6.56. The molecule has 2 unspecified atom stereocenters. The summed E-state index contributed by atoms with van der Waals surface area (Å²) in [5, 5.41) is 8.76. The summed E-state index contributed by atoms with van der Waals surface area (Å²) in [5.74, 6) is 0.217. The van der Waals surface area contributed by atoms with Crippen molar-refractivity contribution in [3.63, 3.8) is 0 Å². The molecule has 1 aromatic rings. The summed E-state index contributed by atoms with van der Waals surface area (Å²) in [4.78, 5) is 0. The maximum Gasteiger partial charge on any atom is 0.218 e. The number of hydrogen-bond acceptors (Lipinski definition) is 4. The van der Waals surface area contributed by atoms with Crippen LogP contribution in [0.1, 0.15) is 30.4 Å². The van der Waals surface area contributed by atoms with Gasteiger partial charge in [-0.2, -0.15) is 5.26 Å². The molecule has 6 heteroatoms. The fourth-order valence-electron chi connectivity index (χ4n) is 2.97. The number of benzene rings is 1. The minimum atomic E-state index is -3.36. The minimum absolute atomic E-state index is 0.0124. The zero-order valence-electron chi connectivity index (χ0n) is 12.2. The molecule has 0 radical (unpaired) electrons. The van der Waals surface area contributed by atoms with Gasteiger partial charge in [0.2, 0.25) is 10.0 Å². The molecule has 2 rings (SSSR count). The Morgan fingerprint density at radius 3 is 2.57 bits per heavy atom. The van der Waals surface area contributed by atoms with Crippen LogP contribution in [-0.2, 0) is 15.8 Å². The molecule has 5 nitrogen and oxygen atoms in total. The Labute approximate surface area is 126 Å². The van der Waals surface area contributed by atoms with Crippen molar-refractivity contribution in [3.8, 4) is 6.07 Å². The largest absolute Gasteiger partial charge is 0.330 e. The third kappa shape index (κ3) is 3.62. The van der Waals surface area contributed by atoms with Crippen molar-refractivity contribution in [2.45, 2.75) is 31.1 Å². The molecule has 0 heterocycles. The molecule has 1 fully saturated rings. The number of hydrogen-bond donors (Lipinski definition) is 1. The summed E-state index contributed by atoms with van der Waals surface area (Å²) >= 11 is 0. The summed E-state index contributed by atoms with van der Waals surface area (Å²) in [7, 11) is -1.71. The van der Waals surface area contributed by atoms with Crippen LogP contribution in [0.5, 0.6) is 0 Å². The average molecular weight is 307 g/mol. The molecule has 0 bridgehead atoms. The molecule has 1 aliphatic carbocycles. The van der Waals surface area contributed by atoms with Crippen LogP contribution in [0.25, 0.3) is 0 Å². The van der Waals surface area contributed by atoms with Gasteiger partial charge in [-0.1, -0.05) is 18.6 Å². The van der Waals surface area contributed by atoms with Crippen molar-refractivity contribution in [1.29, 1.82) is 5.26 Å². The maximum absolute atomic E-state index is 12.5. The van der Waals surface area contributed by atoms with Gasteiger partial charge in [0.1, 0.15) is 0 Å². The van der Waals surface area contributed by atoms with E-state index in [1.54, 1.807) is 31.3 Å². The van der Waals surface area contributed by atoms with Crippen molar-refractivity contribution in [3.05, 3.63) is 35.4 Å². The Morgan fingerprint density at radius 1 is 1.33 bits per heavy atom. The van der Waals surface area contributed by atoms with Crippen LogP contribution in [0.4, 0.5) is 0 Å². The summed E-state index contributed by atoms with van der Waals surface area (Å²) in [6, 6.07) is 8.71. The minimum Gasteiger partial charge on any atom is -0.330 e. The van der Waals surface area contributed by atoms with Crippen molar-refractivity contribution in [2.75, 3.05) is 13.6 Å². The number of nitrogens with zero attached hydrogens (tertiary/aromatic N) is 2. The monoisotopic (exact) mass is 307 g/mol. The predicted octanol–water partition coefficient (Wildman–Crippen LogP) is 1.45. The smallest absolute Gasteiger partial charge is 0.218 e. The quantitative estimate of drug-likeness (QED) is 0.892. The van der Waals surface area contributed by atoms with E-state index >= 15 is 0 Å². The topological polar surface area (TPSA) is 87.2 Å². The van der Waals surface area contributed by atoms with E-state index < -0.39 is 10.0 Å². The molecule has 0 aromatic heterocycles. The van der Waals surface area contributed by atoms with E-state index in [-0.39, 0.29) is 17.7 Å². The van der Waals surface area contributed by atoms with Crippen molar-refractivity contribution in [2.24, 2.45) is 11.7 Å². The van der Waals surface area contributed by atoms with Gasteiger partial charge in [-0.25, -0.2) is 12.7 Å². The van der Waals surface area contributed by atoms with Crippen LogP contribution < -0.4 is 5.73 Å². The molecule has 2 atom stereocenters. The van der Waals surface area contributed by atoms with Gasteiger partial charge >= 0.3 is 0 Å². The van der Waals surface area contributed by atoms with E-state index in [1.807, 2.05) is 6.07 Å². The van der Waals surface area contributed by atoms with Crippen molar-refractivity contribution >= 4 is 10.0 Å². The van der Waals surface area contributed by atoms with Crippen LogP contribution in [0, 0.1) is 17.2 Å². The molecule has 0 saturated heterocycles. The van der Waals surface area contributed by atoms with Crippen LogP contribution in [0.3, 0.4) is 0 Å². The van der Waals surface area contributed by atoms with Crippen molar-refractivity contribution in [1.82, 2.24) is 4.31 Å². The van der Waals surface area contributed by atoms with Gasteiger partial charge in [0, 0.05) is 13.1 Å². The standard InChI is InChI=1S/C15H21N3O2S/c1-18(15-4-2-3-14(15)10-17)21(19,20)11-13-7-5-12(9-16)6-8-13/h5-8,14-15H,2-4,10-11,17H2,1H3. The van der Waals surface area contributed by atoms with Crippen LogP contribution in [0.15, 0.2) is 24.3 Å². The Kier molecular flexibility index (Phi) is 4.99. The molecule has 114 valence electrons. The lowest BCUT2D eigenvalue weighted by Gasteiger charge is -2.28. The number of rotatable bonds is 5. The number of nitriles is 1. The van der Waals surface area contributed by atoms with E-state index in [2.05, 4.69) is 0 Å². The summed E-state index contributed by atoms with van der Waals surface area (Å²) in [5.41, 5.74) is 6.97. The number of sulfonamides is 1. The third-order valence-electron chi connectivity index (χ3n) is 4.26.